The smallest absolute Gasteiger partial charge is 0.323 e. The summed E-state index contributed by atoms with van der Waals surface area (Å²) >= 11 is 3.41. The summed E-state index contributed by atoms with van der Waals surface area (Å²) in [5.74, 6) is -0.385. The van der Waals surface area contributed by atoms with E-state index < -0.39 is 6.04 Å². The minimum atomic E-state index is -0.639. The molecule has 0 saturated carbocycles. The summed E-state index contributed by atoms with van der Waals surface area (Å²) < 4.78 is 6.17. The van der Waals surface area contributed by atoms with Crippen LogP contribution in [0.5, 0.6) is 0 Å². The predicted molar refractivity (Wildman–Crippen MR) is 82.1 cm³/mol. The van der Waals surface area contributed by atoms with Gasteiger partial charge >= 0.3 is 5.97 Å². The Morgan fingerprint density at radius 2 is 1.75 bits per heavy atom. The maximum atomic E-state index is 11.9. The van der Waals surface area contributed by atoms with Gasteiger partial charge in [0.1, 0.15) is 12.6 Å². The molecule has 2 rings (SSSR count). The van der Waals surface area contributed by atoms with Gasteiger partial charge in [0.15, 0.2) is 0 Å². The van der Waals surface area contributed by atoms with Crippen LogP contribution in [0.25, 0.3) is 0 Å². The van der Waals surface area contributed by atoms with Crippen LogP contribution in [-0.4, -0.2) is 12.0 Å². The van der Waals surface area contributed by atoms with Gasteiger partial charge in [-0.05, 0) is 18.1 Å². The Kier molecular flexibility index (Phi) is 5.32. The molecule has 0 aliphatic heterocycles. The molecule has 0 saturated heterocycles. The van der Waals surface area contributed by atoms with Crippen molar-refractivity contribution in [3.05, 3.63) is 70.2 Å². The molecule has 0 bridgehead atoms. The van der Waals surface area contributed by atoms with Crippen LogP contribution in [0.3, 0.4) is 0 Å². The first kappa shape index (κ1) is 14.8. The highest BCUT2D eigenvalue weighted by Crippen LogP contribution is 2.16. The van der Waals surface area contributed by atoms with Crippen molar-refractivity contribution in [1.82, 2.24) is 0 Å². The summed E-state index contributed by atoms with van der Waals surface area (Å²) in [6.07, 6.45) is 0.482. The number of nitrogens with two attached hydrogens (primary N) is 1. The van der Waals surface area contributed by atoms with Gasteiger partial charge in [-0.1, -0.05) is 64.5 Å². The van der Waals surface area contributed by atoms with Crippen molar-refractivity contribution < 1.29 is 9.53 Å². The largest absolute Gasteiger partial charge is 0.460 e. The number of rotatable bonds is 5. The Labute approximate surface area is 126 Å². The summed E-state index contributed by atoms with van der Waals surface area (Å²) in [7, 11) is 0. The number of hydrogen-bond donors (Lipinski definition) is 1. The highest BCUT2D eigenvalue weighted by molar-refractivity contribution is 9.10. The van der Waals surface area contributed by atoms with Crippen LogP contribution in [0, 0.1) is 0 Å². The average molecular weight is 334 g/mol. The fourth-order valence-electron chi connectivity index (χ4n) is 1.82. The Balaban J connectivity index is 1.87. The van der Waals surface area contributed by atoms with Crippen molar-refractivity contribution in [2.24, 2.45) is 5.73 Å². The van der Waals surface area contributed by atoms with Gasteiger partial charge in [0.05, 0.1) is 0 Å². The van der Waals surface area contributed by atoms with Crippen LogP contribution < -0.4 is 5.73 Å². The molecule has 2 N–H and O–H groups in total. The van der Waals surface area contributed by atoms with E-state index in [0.29, 0.717) is 6.42 Å². The van der Waals surface area contributed by atoms with Crippen LogP contribution in [-0.2, 0) is 22.6 Å². The second-order valence-corrected chi connectivity index (χ2v) is 5.35. The van der Waals surface area contributed by atoms with Gasteiger partial charge in [-0.2, -0.15) is 0 Å². The van der Waals surface area contributed by atoms with Crippen molar-refractivity contribution in [3.63, 3.8) is 0 Å². The first-order valence-corrected chi connectivity index (χ1v) is 7.15. The van der Waals surface area contributed by atoms with Gasteiger partial charge in [0.2, 0.25) is 0 Å². The fraction of sp³-hybridized carbons (Fsp3) is 0.188. The zero-order valence-electron chi connectivity index (χ0n) is 11.0. The van der Waals surface area contributed by atoms with Crippen LogP contribution in [0.4, 0.5) is 0 Å². The lowest BCUT2D eigenvalue weighted by molar-refractivity contribution is -0.146. The number of halogens is 1. The molecule has 20 heavy (non-hydrogen) atoms. The van der Waals surface area contributed by atoms with E-state index >= 15 is 0 Å². The third-order valence-corrected chi connectivity index (χ3v) is 3.70. The van der Waals surface area contributed by atoms with E-state index in [1.807, 2.05) is 54.6 Å². The SMILES string of the molecule is N[C@H](Cc1ccccc1)C(=O)OCc1ccccc1Br. The maximum Gasteiger partial charge on any atom is 0.323 e. The van der Waals surface area contributed by atoms with Crippen molar-refractivity contribution in [2.75, 3.05) is 0 Å². The third kappa shape index (κ3) is 4.18. The number of esters is 1. The molecule has 0 spiro atoms. The van der Waals surface area contributed by atoms with Crippen molar-refractivity contribution in [1.29, 1.82) is 0 Å². The summed E-state index contributed by atoms with van der Waals surface area (Å²) in [4.78, 5) is 11.9. The van der Waals surface area contributed by atoms with Gasteiger partial charge in [-0.3, -0.25) is 4.79 Å². The monoisotopic (exact) mass is 333 g/mol. The zero-order valence-corrected chi connectivity index (χ0v) is 12.5. The van der Waals surface area contributed by atoms with Crippen LogP contribution >= 0.6 is 15.9 Å². The molecule has 0 amide bonds. The van der Waals surface area contributed by atoms with Crippen molar-refractivity contribution in [2.45, 2.75) is 19.1 Å². The highest BCUT2D eigenvalue weighted by Gasteiger charge is 2.16. The molecule has 3 nitrogen and oxygen atoms in total. The lowest BCUT2D eigenvalue weighted by Crippen LogP contribution is -2.34. The maximum absolute atomic E-state index is 11.9. The Bertz CT molecular complexity index is 572. The molecule has 0 radical (unpaired) electrons. The van der Waals surface area contributed by atoms with Gasteiger partial charge in [0.25, 0.3) is 0 Å². The lowest BCUT2D eigenvalue weighted by Gasteiger charge is -2.12. The molecule has 0 aliphatic carbocycles. The van der Waals surface area contributed by atoms with E-state index in [1.54, 1.807) is 0 Å². The Morgan fingerprint density at radius 1 is 1.10 bits per heavy atom. The number of hydrogen-bond acceptors (Lipinski definition) is 3. The van der Waals surface area contributed by atoms with Gasteiger partial charge in [-0.25, -0.2) is 0 Å². The molecular weight excluding hydrogens is 318 g/mol. The summed E-state index contributed by atoms with van der Waals surface area (Å²) in [6.45, 7) is 0.225. The molecule has 1 atom stereocenters. The third-order valence-electron chi connectivity index (χ3n) is 2.93. The number of ether oxygens (including phenoxy) is 1. The fourth-order valence-corrected chi connectivity index (χ4v) is 2.22. The number of benzene rings is 2. The standard InChI is InChI=1S/C16H16BrNO2/c17-14-9-5-4-8-13(14)11-20-16(19)15(18)10-12-6-2-1-3-7-12/h1-9,15H,10-11,18H2/t15-/m1/s1. The quantitative estimate of drug-likeness (QED) is 0.855. The molecule has 104 valence electrons. The molecular formula is C16H16BrNO2. The van der Waals surface area contributed by atoms with Gasteiger partial charge < -0.3 is 10.5 Å². The highest BCUT2D eigenvalue weighted by atomic mass is 79.9. The van der Waals surface area contributed by atoms with Crippen LogP contribution in [0.15, 0.2) is 59.1 Å². The molecule has 2 aromatic carbocycles. The molecule has 0 fully saturated rings. The number of carbonyl (C=O) groups is 1. The van der Waals surface area contributed by atoms with Gasteiger partial charge in [0, 0.05) is 10.0 Å². The van der Waals surface area contributed by atoms with Crippen molar-refractivity contribution >= 4 is 21.9 Å². The van der Waals surface area contributed by atoms with E-state index in [0.717, 1.165) is 15.6 Å². The van der Waals surface area contributed by atoms with Crippen molar-refractivity contribution in [3.8, 4) is 0 Å². The molecule has 0 heterocycles. The molecule has 2 aromatic rings. The number of carbonyl (C=O) groups excluding carboxylic acids is 1. The predicted octanol–water partition coefficient (Wildman–Crippen LogP) is 3.06. The minimum Gasteiger partial charge on any atom is -0.460 e. The van der Waals surface area contributed by atoms with Crippen LogP contribution in [0.1, 0.15) is 11.1 Å². The second-order valence-electron chi connectivity index (χ2n) is 4.50. The summed E-state index contributed by atoms with van der Waals surface area (Å²) in [6, 6.07) is 16.7. The molecule has 0 aromatic heterocycles. The topological polar surface area (TPSA) is 52.3 Å². The minimum absolute atomic E-state index is 0.225. The summed E-state index contributed by atoms with van der Waals surface area (Å²) in [5, 5.41) is 0. The van der Waals surface area contributed by atoms with E-state index in [1.165, 1.54) is 0 Å². The van der Waals surface area contributed by atoms with E-state index in [9.17, 15) is 4.79 Å². The molecule has 0 unspecified atom stereocenters. The second kappa shape index (κ2) is 7.22. The Hall–Kier alpha value is -1.65. The molecule has 0 aliphatic rings. The van der Waals surface area contributed by atoms with Crippen LogP contribution in [0.2, 0.25) is 0 Å². The van der Waals surface area contributed by atoms with E-state index in [2.05, 4.69) is 15.9 Å². The van der Waals surface area contributed by atoms with E-state index in [-0.39, 0.29) is 12.6 Å². The first-order valence-electron chi connectivity index (χ1n) is 6.36. The Morgan fingerprint density at radius 3 is 2.45 bits per heavy atom. The zero-order chi connectivity index (χ0) is 14.4. The normalized spacial score (nSPS) is 11.9. The molecule has 4 heteroatoms. The summed E-state index contributed by atoms with van der Waals surface area (Å²) in [5.41, 5.74) is 7.81. The van der Waals surface area contributed by atoms with E-state index in [4.69, 9.17) is 10.5 Å². The first-order chi connectivity index (χ1) is 9.66. The lowest BCUT2D eigenvalue weighted by atomic mass is 10.1. The average Bonchev–Trinajstić information content (AvgIpc) is 2.47. The van der Waals surface area contributed by atoms with Gasteiger partial charge in [-0.15, -0.1) is 0 Å².